The SMILES string of the molecule is COc1ccc(OCc2ccccc2)c(Cl)n1. The number of hydrogen-bond acceptors (Lipinski definition) is 3. The fraction of sp³-hybridized carbons (Fsp3) is 0.154. The van der Waals surface area contributed by atoms with E-state index in [-0.39, 0.29) is 0 Å². The first kappa shape index (κ1) is 11.7. The summed E-state index contributed by atoms with van der Waals surface area (Å²) in [5.41, 5.74) is 1.08. The molecule has 0 spiro atoms. The van der Waals surface area contributed by atoms with E-state index in [4.69, 9.17) is 21.1 Å². The van der Waals surface area contributed by atoms with Crippen molar-refractivity contribution in [3.63, 3.8) is 0 Å². The van der Waals surface area contributed by atoms with Gasteiger partial charge in [0.15, 0.2) is 10.9 Å². The zero-order valence-corrected chi connectivity index (χ0v) is 10.1. The lowest BCUT2D eigenvalue weighted by molar-refractivity contribution is 0.303. The molecule has 0 atom stereocenters. The molecule has 0 radical (unpaired) electrons. The summed E-state index contributed by atoms with van der Waals surface area (Å²) in [5, 5.41) is 0.306. The predicted molar refractivity (Wildman–Crippen MR) is 66.6 cm³/mol. The molecule has 2 aromatic rings. The maximum Gasteiger partial charge on any atom is 0.214 e. The standard InChI is InChI=1S/C13H12ClNO2/c1-16-12-8-7-11(13(14)15-12)17-9-10-5-3-2-4-6-10/h2-8H,9H2,1H3. The molecular formula is C13H12ClNO2. The van der Waals surface area contributed by atoms with Crippen molar-refractivity contribution in [3.8, 4) is 11.6 Å². The lowest BCUT2D eigenvalue weighted by Crippen LogP contribution is -1.97. The molecule has 0 fully saturated rings. The summed E-state index contributed by atoms with van der Waals surface area (Å²) in [7, 11) is 1.54. The van der Waals surface area contributed by atoms with Gasteiger partial charge < -0.3 is 9.47 Å². The van der Waals surface area contributed by atoms with Crippen LogP contribution in [-0.2, 0) is 6.61 Å². The Balaban J connectivity index is 2.04. The van der Waals surface area contributed by atoms with Gasteiger partial charge in [0, 0.05) is 6.07 Å². The topological polar surface area (TPSA) is 31.4 Å². The van der Waals surface area contributed by atoms with Gasteiger partial charge in [-0.25, -0.2) is 0 Å². The van der Waals surface area contributed by atoms with E-state index in [1.54, 1.807) is 19.2 Å². The molecule has 0 amide bonds. The smallest absolute Gasteiger partial charge is 0.214 e. The second-order valence-corrected chi connectivity index (χ2v) is 3.77. The lowest BCUT2D eigenvalue weighted by Gasteiger charge is -2.08. The van der Waals surface area contributed by atoms with Gasteiger partial charge in [0.2, 0.25) is 5.88 Å². The average molecular weight is 250 g/mol. The number of hydrogen-bond donors (Lipinski definition) is 0. The van der Waals surface area contributed by atoms with Crippen LogP contribution in [0.25, 0.3) is 0 Å². The first-order valence-electron chi connectivity index (χ1n) is 5.17. The minimum absolute atomic E-state index is 0.306. The van der Waals surface area contributed by atoms with Gasteiger partial charge >= 0.3 is 0 Å². The number of methoxy groups -OCH3 is 1. The van der Waals surface area contributed by atoms with Crippen molar-refractivity contribution < 1.29 is 9.47 Å². The summed E-state index contributed by atoms with van der Waals surface area (Å²) >= 11 is 5.96. The van der Waals surface area contributed by atoms with E-state index in [9.17, 15) is 0 Å². The van der Waals surface area contributed by atoms with Crippen LogP contribution in [0.1, 0.15) is 5.56 Å². The van der Waals surface area contributed by atoms with Crippen LogP contribution in [0.5, 0.6) is 11.6 Å². The summed E-state index contributed by atoms with van der Waals surface area (Å²) in [6, 6.07) is 13.3. The van der Waals surface area contributed by atoms with Crippen molar-refractivity contribution >= 4 is 11.6 Å². The summed E-state index contributed by atoms with van der Waals surface area (Å²) < 4.78 is 10.5. The minimum Gasteiger partial charge on any atom is -0.486 e. The summed E-state index contributed by atoms with van der Waals surface area (Å²) in [6.07, 6.45) is 0. The van der Waals surface area contributed by atoms with Gasteiger partial charge in [-0.15, -0.1) is 0 Å². The maximum absolute atomic E-state index is 5.96. The third-order valence-corrected chi connectivity index (χ3v) is 2.51. The maximum atomic E-state index is 5.96. The van der Waals surface area contributed by atoms with Crippen LogP contribution >= 0.6 is 11.6 Å². The molecule has 1 heterocycles. The highest BCUT2D eigenvalue weighted by atomic mass is 35.5. The number of ether oxygens (including phenoxy) is 2. The molecular weight excluding hydrogens is 238 g/mol. The molecule has 0 bridgehead atoms. The largest absolute Gasteiger partial charge is 0.486 e. The molecule has 1 aromatic carbocycles. The Morgan fingerprint density at radius 3 is 2.53 bits per heavy atom. The summed E-state index contributed by atoms with van der Waals surface area (Å²) in [6.45, 7) is 0.467. The van der Waals surface area contributed by atoms with Crippen LogP contribution < -0.4 is 9.47 Å². The monoisotopic (exact) mass is 249 g/mol. The van der Waals surface area contributed by atoms with Crippen LogP contribution in [0.15, 0.2) is 42.5 Å². The Hall–Kier alpha value is -1.74. The molecule has 4 heteroatoms. The van der Waals surface area contributed by atoms with Crippen molar-refractivity contribution in [1.82, 2.24) is 4.98 Å². The number of nitrogens with zero attached hydrogens (tertiary/aromatic N) is 1. The lowest BCUT2D eigenvalue weighted by atomic mass is 10.2. The van der Waals surface area contributed by atoms with Crippen LogP contribution in [0.2, 0.25) is 5.15 Å². The normalized spacial score (nSPS) is 10.0. The van der Waals surface area contributed by atoms with Crippen molar-refractivity contribution in [3.05, 3.63) is 53.2 Å². The predicted octanol–water partition coefficient (Wildman–Crippen LogP) is 3.32. The Morgan fingerprint density at radius 2 is 1.88 bits per heavy atom. The number of pyridine rings is 1. The van der Waals surface area contributed by atoms with Crippen LogP contribution in [0.3, 0.4) is 0 Å². The molecule has 0 aliphatic rings. The van der Waals surface area contributed by atoms with E-state index in [0.717, 1.165) is 5.56 Å². The third kappa shape index (κ3) is 3.11. The zero-order chi connectivity index (χ0) is 12.1. The van der Waals surface area contributed by atoms with Gasteiger partial charge in [-0.3, -0.25) is 0 Å². The third-order valence-electron chi connectivity index (χ3n) is 2.24. The molecule has 2 rings (SSSR count). The number of benzene rings is 1. The van der Waals surface area contributed by atoms with Gasteiger partial charge in [0.25, 0.3) is 0 Å². The first-order valence-corrected chi connectivity index (χ1v) is 5.54. The molecule has 17 heavy (non-hydrogen) atoms. The number of halogens is 1. The fourth-order valence-corrected chi connectivity index (χ4v) is 1.56. The molecule has 0 aliphatic heterocycles. The molecule has 0 N–H and O–H groups in total. The average Bonchev–Trinajstić information content (AvgIpc) is 2.38. The molecule has 0 saturated heterocycles. The summed E-state index contributed by atoms with van der Waals surface area (Å²) in [4.78, 5) is 4.02. The first-order chi connectivity index (χ1) is 8.29. The van der Waals surface area contributed by atoms with E-state index in [1.807, 2.05) is 30.3 Å². The van der Waals surface area contributed by atoms with Crippen LogP contribution in [-0.4, -0.2) is 12.1 Å². The van der Waals surface area contributed by atoms with E-state index in [0.29, 0.717) is 23.4 Å². The molecule has 0 aliphatic carbocycles. The van der Waals surface area contributed by atoms with Gasteiger partial charge in [-0.1, -0.05) is 41.9 Å². The highest BCUT2D eigenvalue weighted by Crippen LogP contribution is 2.25. The second kappa shape index (κ2) is 5.55. The zero-order valence-electron chi connectivity index (χ0n) is 9.39. The molecule has 0 saturated carbocycles. The Kier molecular flexibility index (Phi) is 3.83. The quantitative estimate of drug-likeness (QED) is 0.779. The highest BCUT2D eigenvalue weighted by molar-refractivity contribution is 6.30. The minimum atomic E-state index is 0.306. The Labute approximate surface area is 105 Å². The van der Waals surface area contributed by atoms with Crippen molar-refractivity contribution in [1.29, 1.82) is 0 Å². The van der Waals surface area contributed by atoms with E-state index < -0.39 is 0 Å². The Morgan fingerprint density at radius 1 is 1.12 bits per heavy atom. The van der Waals surface area contributed by atoms with Gasteiger partial charge in [0.1, 0.15) is 6.61 Å². The van der Waals surface area contributed by atoms with Crippen molar-refractivity contribution in [2.24, 2.45) is 0 Å². The summed E-state index contributed by atoms with van der Waals surface area (Å²) in [5.74, 6) is 1.03. The van der Waals surface area contributed by atoms with Gasteiger partial charge in [-0.05, 0) is 11.6 Å². The van der Waals surface area contributed by atoms with E-state index >= 15 is 0 Å². The van der Waals surface area contributed by atoms with Gasteiger partial charge in [0.05, 0.1) is 7.11 Å². The number of aromatic nitrogens is 1. The van der Waals surface area contributed by atoms with E-state index in [1.165, 1.54) is 0 Å². The highest BCUT2D eigenvalue weighted by Gasteiger charge is 2.05. The fourth-order valence-electron chi connectivity index (χ4n) is 1.36. The van der Waals surface area contributed by atoms with Crippen LogP contribution in [0, 0.1) is 0 Å². The van der Waals surface area contributed by atoms with E-state index in [2.05, 4.69) is 4.98 Å². The van der Waals surface area contributed by atoms with Crippen molar-refractivity contribution in [2.75, 3.05) is 7.11 Å². The van der Waals surface area contributed by atoms with Crippen molar-refractivity contribution in [2.45, 2.75) is 6.61 Å². The molecule has 1 aromatic heterocycles. The molecule has 3 nitrogen and oxygen atoms in total. The van der Waals surface area contributed by atoms with Gasteiger partial charge in [-0.2, -0.15) is 4.98 Å². The Bertz CT molecular complexity index is 488. The number of rotatable bonds is 4. The van der Waals surface area contributed by atoms with Crippen LogP contribution in [0.4, 0.5) is 0 Å². The molecule has 0 unspecified atom stereocenters. The molecule has 88 valence electrons. The second-order valence-electron chi connectivity index (χ2n) is 3.42.